The summed E-state index contributed by atoms with van der Waals surface area (Å²) < 4.78 is 21.3. The maximum absolute atomic E-state index is 12.2. The number of hydrogen-bond donors (Lipinski definition) is 1. The second-order valence-corrected chi connectivity index (χ2v) is 5.16. The van der Waals surface area contributed by atoms with Gasteiger partial charge in [-0.25, -0.2) is 4.79 Å². The summed E-state index contributed by atoms with van der Waals surface area (Å²) in [5.41, 5.74) is 0.384. The molecule has 23 heavy (non-hydrogen) atoms. The summed E-state index contributed by atoms with van der Waals surface area (Å²) in [6.07, 6.45) is -2.96. The van der Waals surface area contributed by atoms with Crippen molar-refractivity contribution in [3.63, 3.8) is 0 Å². The highest BCUT2D eigenvalue weighted by atomic mass is 16.7. The lowest BCUT2D eigenvalue weighted by atomic mass is 10.0. The number of hydrogen-bond acceptors (Lipinski definition) is 7. The molecule has 7 heteroatoms. The first-order chi connectivity index (χ1) is 11.0. The van der Waals surface area contributed by atoms with Gasteiger partial charge in [-0.05, 0) is 12.1 Å². The van der Waals surface area contributed by atoms with Crippen LogP contribution in [0.4, 0.5) is 0 Å². The van der Waals surface area contributed by atoms with E-state index in [-0.39, 0.29) is 13.0 Å². The first-order valence-electron chi connectivity index (χ1n) is 7.27. The average molecular weight is 324 g/mol. The van der Waals surface area contributed by atoms with E-state index in [4.69, 9.17) is 18.9 Å². The summed E-state index contributed by atoms with van der Waals surface area (Å²) in [5, 5.41) is 9.31. The van der Waals surface area contributed by atoms with Gasteiger partial charge in [-0.2, -0.15) is 0 Å². The third-order valence-corrected chi connectivity index (χ3v) is 3.46. The first kappa shape index (κ1) is 17.4. The standard InChI is InChI=1S/C16H20O7/c1-10(18)21-14-13(8-12(9-17)22-16(14)20-2)23-15(19)11-6-4-3-5-7-11/h3-7,12-14,16-17H,8-9H2,1-2H3/t12-,13-,14+,16+/m0/s1. The Kier molecular flexibility index (Phi) is 6.09. The monoisotopic (exact) mass is 324 g/mol. The van der Waals surface area contributed by atoms with E-state index in [0.29, 0.717) is 5.56 Å². The van der Waals surface area contributed by atoms with Gasteiger partial charge in [-0.15, -0.1) is 0 Å². The Morgan fingerprint density at radius 3 is 2.52 bits per heavy atom. The minimum absolute atomic E-state index is 0.201. The normalized spacial score (nSPS) is 27.3. The van der Waals surface area contributed by atoms with Crippen molar-refractivity contribution in [3.05, 3.63) is 35.9 Å². The number of ether oxygens (including phenoxy) is 4. The molecule has 0 radical (unpaired) electrons. The van der Waals surface area contributed by atoms with Gasteiger partial charge in [0, 0.05) is 20.5 Å². The zero-order valence-corrected chi connectivity index (χ0v) is 13.0. The van der Waals surface area contributed by atoms with Gasteiger partial charge in [0.05, 0.1) is 18.3 Å². The fraction of sp³-hybridized carbons (Fsp3) is 0.500. The van der Waals surface area contributed by atoms with Crippen LogP contribution < -0.4 is 0 Å². The van der Waals surface area contributed by atoms with Gasteiger partial charge >= 0.3 is 11.9 Å². The quantitative estimate of drug-likeness (QED) is 0.805. The Bertz CT molecular complexity index is 530. The Balaban J connectivity index is 2.16. The zero-order valence-electron chi connectivity index (χ0n) is 13.0. The van der Waals surface area contributed by atoms with Gasteiger partial charge in [-0.1, -0.05) is 18.2 Å². The van der Waals surface area contributed by atoms with Crippen molar-refractivity contribution in [2.45, 2.75) is 37.9 Å². The van der Waals surface area contributed by atoms with Gasteiger partial charge in [0.15, 0.2) is 12.4 Å². The smallest absolute Gasteiger partial charge is 0.338 e. The molecule has 7 nitrogen and oxygen atoms in total. The predicted molar refractivity (Wildman–Crippen MR) is 78.6 cm³/mol. The number of aliphatic hydroxyl groups excluding tert-OH is 1. The number of aliphatic hydroxyl groups is 1. The van der Waals surface area contributed by atoms with Crippen LogP contribution >= 0.6 is 0 Å². The van der Waals surface area contributed by atoms with Gasteiger partial charge in [0.2, 0.25) is 0 Å². The molecule has 0 spiro atoms. The van der Waals surface area contributed by atoms with Crippen molar-refractivity contribution in [3.8, 4) is 0 Å². The van der Waals surface area contributed by atoms with Crippen LogP contribution in [0.15, 0.2) is 30.3 Å². The summed E-state index contributed by atoms with van der Waals surface area (Å²) in [6, 6.07) is 8.48. The largest absolute Gasteiger partial charge is 0.455 e. The Labute approximate surface area is 134 Å². The summed E-state index contributed by atoms with van der Waals surface area (Å²) in [5.74, 6) is -1.08. The molecule has 4 atom stereocenters. The van der Waals surface area contributed by atoms with E-state index in [2.05, 4.69) is 0 Å². The summed E-state index contributed by atoms with van der Waals surface area (Å²) in [7, 11) is 1.39. The third-order valence-electron chi connectivity index (χ3n) is 3.46. The molecule has 126 valence electrons. The SMILES string of the molecule is CO[C@@H]1O[C@H](CO)C[C@H](OC(=O)c2ccccc2)[C@H]1OC(C)=O. The van der Waals surface area contributed by atoms with Crippen LogP contribution in [0.25, 0.3) is 0 Å². The molecule has 0 aliphatic carbocycles. The molecule has 1 aromatic rings. The summed E-state index contributed by atoms with van der Waals surface area (Å²) in [4.78, 5) is 23.5. The summed E-state index contributed by atoms with van der Waals surface area (Å²) in [6.45, 7) is 0.993. The molecule has 0 saturated carbocycles. The van der Waals surface area contributed by atoms with Crippen LogP contribution in [-0.2, 0) is 23.7 Å². The fourth-order valence-electron chi connectivity index (χ4n) is 2.42. The highest BCUT2D eigenvalue weighted by molar-refractivity contribution is 5.89. The maximum Gasteiger partial charge on any atom is 0.338 e. The van der Waals surface area contributed by atoms with Crippen LogP contribution in [0.1, 0.15) is 23.7 Å². The number of carbonyl (C=O) groups is 2. The van der Waals surface area contributed by atoms with E-state index in [9.17, 15) is 14.7 Å². The Hall–Kier alpha value is -1.96. The lowest BCUT2D eigenvalue weighted by Crippen LogP contribution is -2.53. The molecule has 1 N–H and O–H groups in total. The molecule has 1 aromatic carbocycles. The number of carbonyl (C=O) groups excluding carboxylic acids is 2. The minimum atomic E-state index is -0.918. The Morgan fingerprint density at radius 2 is 1.96 bits per heavy atom. The van der Waals surface area contributed by atoms with Gasteiger partial charge < -0.3 is 24.1 Å². The van der Waals surface area contributed by atoms with Gasteiger partial charge in [0.25, 0.3) is 0 Å². The minimum Gasteiger partial charge on any atom is -0.455 e. The molecule has 0 aromatic heterocycles. The second kappa shape index (κ2) is 8.05. The van der Waals surface area contributed by atoms with E-state index >= 15 is 0 Å². The van der Waals surface area contributed by atoms with Crippen LogP contribution in [0.2, 0.25) is 0 Å². The molecule has 0 amide bonds. The lowest BCUT2D eigenvalue weighted by molar-refractivity contribution is -0.267. The van der Waals surface area contributed by atoms with E-state index < -0.39 is 36.5 Å². The molecule has 1 fully saturated rings. The Morgan fingerprint density at radius 1 is 1.26 bits per heavy atom. The van der Waals surface area contributed by atoms with Crippen molar-refractivity contribution >= 4 is 11.9 Å². The molecule has 1 aliphatic heterocycles. The predicted octanol–water partition coefficient (Wildman–Crippen LogP) is 0.897. The van der Waals surface area contributed by atoms with Crippen molar-refractivity contribution in [1.82, 2.24) is 0 Å². The topological polar surface area (TPSA) is 91.3 Å². The van der Waals surface area contributed by atoms with Crippen LogP contribution in [0.3, 0.4) is 0 Å². The third kappa shape index (κ3) is 4.51. The van der Waals surface area contributed by atoms with E-state index in [1.807, 2.05) is 0 Å². The van der Waals surface area contributed by atoms with Gasteiger partial charge in [-0.3, -0.25) is 4.79 Å². The molecule has 1 saturated heterocycles. The van der Waals surface area contributed by atoms with Gasteiger partial charge in [0.1, 0.15) is 6.10 Å². The molecule has 2 rings (SSSR count). The van der Waals surface area contributed by atoms with Crippen molar-refractivity contribution in [2.24, 2.45) is 0 Å². The van der Waals surface area contributed by atoms with Crippen LogP contribution in [0.5, 0.6) is 0 Å². The zero-order chi connectivity index (χ0) is 16.8. The second-order valence-electron chi connectivity index (χ2n) is 5.16. The van der Waals surface area contributed by atoms with Crippen LogP contribution in [-0.4, -0.2) is 55.4 Å². The number of methoxy groups -OCH3 is 1. The van der Waals surface area contributed by atoms with Crippen molar-refractivity contribution < 1.29 is 33.6 Å². The number of rotatable bonds is 5. The summed E-state index contributed by atoms with van der Waals surface area (Å²) >= 11 is 0. The lowest BCUT2D eigenvalue weighted by Gasteiger charge is -2.39. The highest BCUT2D eigenvalue weighted by Crippen LogP contribution is 2.26. The molecule has 1 aliphatic rings. The average Bonchev–Trinajstić information content (AvgIpc) is 2.56. The van der Waals surface area contributed by atoms with Crippen molar-refractivity contribution in [1.29, 1.82) is 0 Å². The number of esters is 2. The molecule has 1 heterocycles. The highest BCUT2D eigenvalue weighted by Gasteiger charge is 2.43. The van der Waals surface area contributed by atoms with E-state index in [1.54, 1.807) is 30.3 Å². The van der Waals surface area contributed by atoms with Crippen LogP contribution in [0, 0.1) is 0 Å². The molecule has 0 bridgehead atoms. The van der Waals surface area contributed by atoms with E-state index in [1.165, 1.54) is 14.0 Å². The number of benzene rings is 1. The fourth-order valence-corrected chi connectivity index (χ4v) is 2.42. The van der Waals surface area contributed by atoms with Crippen molar-refractivity contribution in [2.75, 3.05) is 13.7 Å². The molecule has 0 unspecified atom stereocenters. The van der Waals surface area contributed by atoms with E-state index in [0.717, 1.165) is 0 Å². The molecular formula is C16H20O7. The maximum atomic E-state index is 12.2. The first-order valence-corrected chi connectivity index (χ1v) is 7.27. The molecular weight excluding hydrogens is 304 g/mol.